The Morgan fingerprint density at radius 3 is 1.88 bits per heavy atom. The summed E-state index contributed by atoms with van der Waals surface area (Å²) in [5.74, 6) is 0. The van der Waals surface area contributed by atoms with Crippen LogP contribution in [0.2, 0.25) is 0 Å². The SMILES string of the molecule is OCC1(CN2CCCCCCC2)CCCCC1. The van der Waals surface area contributed by atoms with Gasteiger partial charge in [-0.2, -0.15) is 0 Å². The summed E-state index contributed by atoms with van der Waals surface area (Å²) >= 11 is 0. The molecular formula is C15H29NO. The molecule has 2 nitrogen and oxygen atoms in total. The maximum absolute atomic E-state index is 9.77. The van der Waals surface area contributed by atoms with Crippen LogP contribution < -0.4 is 0 Å². The third kappa shape index (κ3) is 3.96. The van der Waals surface area contributed by atoms with Crippen LogP contribution in [0.25, 0.3) is 0 Å². The van der Waals surface area contributed by atoms with E-state index in [0.717, 1.165) is 6.54 Å². The minimum absolute atomic E-state index is 0.247. The van der Waals surface area contributed by atoms with Gasteiger partial charge in [0.25, 0.3) is 0 Å². The summed E-state index contributed by atoms with van der Waals surface area (Å²) < 4.78 is 0. The summed E-state index contributed by atoms with van der Waals surface area (Å²) in [5, 5.41) is 9.77. The lowest BCUT2D eigenvalue weighted by molar-refractivity contribution is 0.0379. The fourth-order valence-electron chi connectivity index (χ4n) is 3.61. The largest absolute Gasteiger partial charge is 0.396 e. The van der Waals surface area contributed by atoms with E-state index in [1.54, 1.807) is 0 Å². The molecule has 0 atom stereocenters. The number of hydrogen-bond donors (Lipinski definition) is 1. The molecule has 0 aromatic rings. The van der Waals surface area contributed by atoms with Gasteiger partial charge in [-0.3, -0.25) is 0 Å². The fraction of sp³-hybridized carbons (Fsp3) is 1.00. The summed E-state index contributed by atoms with van der Waals surface area (Å²) in [5.41, 5.74) is 0.247. The molecule has 0 aromatic heterocycles. The van der Waals surface area contributed by atoms with Gasteiger partial charge in [0.05, 0.1) is 0 Å². The van der Waals surface area contributed by atoms with E-state index >= 15 is 0 Å². The van der Waals surface area contributed by atoms with E-state index in [0.29, 0.717) is 6.61 Å². The number of rotatable bonds is 3. The van der Waals surface area contributed by atoms with Crippen molar-refractivity contribution in [2.45, 2.75) is 64.2 Å². The summed E-state index contributed by atoms with van der Waals surface area (Å²) in [6, 6.07) is 0. The predicted octanol–water partition coefficient (Wildman–Crippen LogP) is 3.20. The lowest BCUT2D eigenvalue weighted by atomic mass is 9.74. The summed E-state index contributed by atoms with van der Waals surface area (Å²) in [7, 11) is 0. The second-order valence-corrected chi connectivity index (χ2v) is 6.26. The van der Waals surface area contributed by atoms with Crippen molar-refractivity contribution in [1.82, 2.24) is 4.90 Å². The first-order valence-electron chi connectivity index (χ1n) is 7.68. The van der Waals surface area contributed by atoms with Crippen molar-refractivity contribution in [3.05, 3.63) is 0 Å². The highest BCUT2D eigenvalue weighted by Crippen LogP contribution is 2.36. The molecule has 0 radical (unpaired) electrons. The van der Waals surface area contributed by atoms with Gasteiger partial charge in [-0.1, -0.05) is 38.5 Å². The van der Waals surface area contributed by atoms with Gasteiger partial charge in [-0.25, -0.2) is 0 Å². The molecule has 0 bridgehead atoms. The average molecular weight is 239 g/mol. The first-order valence-corrected chi connectivity index (χ1v) is 7.68. The zero-order chi connectivity index (χ0) is 12.0. The van der Waals surface area contributed by atoms with Crippen LogP contribution >= 0.6 is 0 Å². The molecule has 1 aliphatic heterocycles. The Morgan fingerprint density at radius 1 is 0.765 bits per heavy atom. The maximum atomic E-state index is 9.77. The topological polar surface area (TPSA) is 23.5 Å². The zero-order valence-corrected chi connectivity index (χ0v) is 11.3. The Morgan fingerprint density at radius 2 is 1.29 bits per heavy atom. The molecule has 1 saturated heterocycles. The number of likely N-dealkylation sites (tertiary alicyclic amines) is 1. The minimum atomic E-state index is 0.247. The Labute approximate surface area is 106 Å². The monoisotopic (exact) mass is 239 g/mol. The van der Waals surface area contributed by atoms with Crippen LogP contribution in [0.4, 0.5) is 0 Å². The molecule has 0 amide bonds. The molecule has 1 saturated carbocycles. The van der Waals surface area contributed by atoms with E-state index in [2.05, 4.69) is 4.90 Å². The number of aliphatic hydroxyl groups is 1. The number of hydrogen-bond acceptors (Lipinski definition) is 2. The summed E-state index contributed by atoms with van der Waals surface area (Å²) in [6.07, 6.45) is 13.5. The van der Waals surface area contributed by atoms with Crippen molar-refractivity contribution in [3.63, 3.8) is 0 Å². The quantitative estimate of drug-likeness (QED) is 0.817. The van der Waals surface area contributed by atoms with Gasteiger partial charge in [0.1, 0.15) is 0 Å². The summed E-state index contributed by atoms with van der Waals surface area (Å²) in [6.45, 7) is 4.09. The molecule has 2 heteroatoms. The second-order valence-electron chi connectivity index (χ2n) is 6.26. The highest BCUT2D eigenvalue weighted by Gasteiger charge is 2.33. The molecule has 1 heterocycles. The first kappa shape index (κ1) is 13.4. The first-order chi connectivity index (χ1) is 8.35. The van der Waals surface area contributed by atoms with Crippen LogP contribution in [0.3, 0.4) is 0 Å². The molecule has 1 aliphatic carbocycles. The molecule has 2 fully saturated rings. The smallest absolute Gasteiger partial charge is 0.0499 e. The summed E-state index contributed by atoms with van der Waals surface area (Å²) in [4.78, 5) is 2.64. The van der Waals surface area contributed by atoms with Gasteiger partial charge >= 0.3 is 0 Å². The Balaban J connectivity index is 1.86. The molecule has 0 aromatic carbocycles. The van der Waals surface area contributed by atoms with Gasteiger partial charge in [0.2, 0.25) is 0 Å². The predicted molar refractivity (Wildman–Crippen MR) is 72.1 cm³/mol. The van der Waals surface area contributed by atoms with E-state index in [-0.39, 0.29) is 5.41 Å². The van der Waals surface area contributed by atoms with Crippen LogP contribution in [-0.2, 0) is 0 Å². The van der Waals surface area contributed by atoms with E-state index < -0.39 is 0 Å². The van der Waals surface area contributed by atoms with Gasteiger partial charge in [-0.05, 0) is 38.8 Å². The molecule has 0 spiro atoms. The second kappa shape index (κ2) is 6.75. The minimum Gasteiger partial charge on any atom is -0.396 e. The van der Waals surface area contributed by atoms with Gasteiger partial charge < -0.3 is 10.0 Å². The van der Waals surface area contributed by atoms with Crippen LogP contribution in [0, 0.1) is 5.41 Å². The Kier molecular flexibility index (Phi) is 5.30. The average Bonchev–Trinajstić information content (AvgIpc) is 2.34. The van der Waals surface area contributed by atoms with Crippen molar-refractivity contribution < 1.29 is 5.11 Å². The van der Waals surface area contributed by atoms with Crippen LogP contribution in [-0.4, -0.2) is 36.2 Å². The van der Waals surface area contributed by atoms with Crippen molar-refractivity contribution in [1.29, 1.82) is 0 Å². The van der Waals surface area contributed by atoms with Gasteiger partial charge in [-0.15, -0.1) is 0 Å². The third-order valence-electron chi connectivity index (χ3n) is 4.76. The number of nitrogens with zero attached hydrogens (tertiary/aromatic N) is 1. The lowest BCUT2D eigenvalue weighted by Crippen LogP contribution is -2.42. The number of aliphatic hydroxyl groups excluding tert-OH is 1. The van der Waals surface area contributed by atoms with E-state index in [4.69, 9.17) is 0 Å². The van der Waals surface area contributed by atoms with Crippen LogP contribution in [0.1, 0.15) is 64.2 Å². The molecule has 100 valence electrons. The van der Waals surface area contributed by atoms with E-state index in [1.165, 1.54) is 77.3 Å². The van der Waals surface area contributed by atoms with Crippen molar-refractivity contribution >= 4 is 0 Å². The van der Waals surface area contributed by atoms with Crippen molar-refractivity contribution in [2.75, 3.05) is 26.2 Å². The van der Waals surface area contributed by atoms with E-state index in [1.807, 2.05) is 0 Å². The maximum Gasteiger partial charge on any atom is 0.0499 e. The molecule has 0 unspecified atom stereocenters. The lowest BCUT2D eigenvalue weighted by Gasteiger charge is -2.40. The fourth-order valence-corrected chi connectivity index (χ4v) is 3.61. The van der Waals surface area contributed by atoms with Crippen LogP contribution in [0.5, 0.6) is 0 Å². The van der Waals surface area contributed by atoms with E-state index in [9.17, 15) is 5.11 Å². The van der Waals surface area contributed by atoms with Gasteiger partial charge in [0.15, 0.2) is 0 Å². The molecule has 2 rings (SSSR count). The van der Waals surface area contributed by atoms with Gasteiger partial charge in [0, 0.05) is 18.6 Å². The zero-order valence-electron chi connectivity index (χ0n) is 11.3. The molecular weight excluding hydrogens is 210 g/mol. The molecule has 2 aliphatic rings. The van der Waals surface area contributed by atoms with Crippen LogP contribution in [0.15, 0.2) is 0 Å². The highest BCUT2D eigenvalue weighted by atomic mass is 16.3. The molecule has 17 heavy (non-hydrogen) atoms. The Hall–Kier alpha value is -0.0800. The molecule has 1 N–H and O–H groups in total. The highest BCUT2D eigenvalue weighted by molar-refractivity contribution is 4.85. The third-order valence-corrected chi connectivity index (χ3v) is 4.76. The Bertz CT molecular complexity index is 203. The standard InChI is InChI=1S/C15H29NO/c17-14-15(9-5-4-6-10-15)13-16-11-7-2-1-3-8-12-16/h17H,1-14H2. The normalized spacial score (nSPS) is 27.4. The van der Waals surface area contributed by atoms with Crippen molar-refractivity contribution in [2.24, 2.45) is 5.41 Å². The van der Waals surface area contributed by atoms with Crippen molar-refractivity contribution in [3.8, 4) is 0 Å².